The number of benzene rings is 1. The number of hydrogen-bond acceptors (Lipinski definition) is 2. The molecule has 96 valence electrons. The molecule has 0 aliphatic carbocycles. The molecule has 1 heterocycles. The van der Waals surface area contributed by atoms with Crippen LogP contribution in [0.5, 0.6) is 0 Å². The third-order valence-electron chi connectivity index (χ3n) is 2.76. The number of hydrogen-bond donors (Lipinski definition) is 1. The van der Waals surface area contributed by atoms with Crippen LogP contribution in [-0.4, -0.2) is 16.3 Å². The van der Waals surface area contributed by atoms with Crippen LogP contribution in [0, 0.1) is 0 Å². The maximum Gasteiger partial charge on any atom is 0.0967 e. The number of aryl methyl sites for hydroxylation is 1. The lowest BCUT2D eigenvalue weighted by molar-refractivity contribution is 0.675. The maximum absolute atomic E-state index is 4.55. The van der Waals surface area contributed by atoms with E-state index >= 15 is 0 Å². The number of rotatable bonds is 5. The Morgan fingerprint density at radius 1 is 1.28 bits per heavy atom. The second-order valence-corrected chi connectivity index (χ2v) is 5.28. The third-order valence-corrected chi connectivity index (χ3v) is 3.29. The Bertz CT molecular complexity index is 502. The van der Waals surface area contributed by atoms with E-state index in [2.05, 4.69) is 51.6 Å². The summed E-state index contributed by atoms with van der Waals surface area (Å²) in [5.74, 6) is 0. The highest BCUT2D eigenvalue weighted by molar-refractivity contribution is 9.10. The number of halogens is 1. The van der Waals surface area contributed by atoms with Crippen molar-refractivity contribution in [3.63, 3.8) is 0 Å². The predicted molar refractivity (Wildman–Crippen MR) is 78.3 cm³/mol. The zero-order valence-corrected chi connectivity index (χ0v) is 12.4. The van der Waals surface area contributed by atoms with E-state index in [1.165, 1.54) is 5.56 Å². The van der Waals surface area contributed by atoms with Crippen LogP contribution in [-0.2, 0) is 13.6 Å². The first kappa shape index (κ1) is 13.3. The first-order valence-corrected chi connectivity index (χ1v) is 6.99. The number of aromatic nitrogens is 2. The van der Waals surface area contributed by atoms with Gasteiger partial charge >= 0.3 is 0 Å². The van der Waals surface area contributed by atoms with Crippen molar-refractivity contribution >= 4 is 15.9 Å². The Hall–Kier alpha value is -1.13. The van der Waals surface area contributed by atoms with Crippen LogP contribution in [0.25, 0.3) is 11.3 Å². The van der Waals surface area contributed by atoms with Gasteiger partial charge in [-0.25, -0.2) is 0 Å². The molecule has 0 aliphatic heterocycles. The Morgan fingerprint density at radius 2 is 2.00 bits per heavy atom. The molecule has 4 heteroatoms. The molecule has 2 rings (SSSR count). The lowest BCUT2D eigenvalue weighted by atomic mass is 10.1. The molecule has 0 saturated heterocycles. The molecule has 0 aliphatic rings. The summed E-state index contributed by atoms with van der Waals surface area (Å²) >= 11 is 3.46. The molecule has 0 amide bonds. The molecule has 0 fully saturated rings. The fourth-order valence-electron chi connectivity index (χ4n) is 1.92. The van der Waals surface area contributed by atoms with E-state index in [-0.39, 0.29) is 0 Å². The molecule has 0 saturated carbocycles. The molecular weight excluding hydrogens is 290 g/mol. The lowest BCUT2D eigenvalue weighted by Crippen LogP contribution is -2.13. The summed E-state index contributed by atoms with van der Waals surface area (Å²) in [6.45, 7) is 4.08. The van der Waals surface area contributed by atoms with E-state index < -0.39 is 0 Å². The Morgan fingerprint density at radius 3 is 2.67 bits per heavy atom. The van der Waals surface area contributed by atoms with Gasteiger partial charge in [0.2, 0.25) is 0 Å². The SMILES string of the molecule is CCCNCc1cn(C)nc1-c1ccc(Br)cc1. The van der Waals surface area contributed by atoms with Gasteiger partial charge in [-0.3, -0.25) is 4.68 Å². The van der Waals surface area contributed by atoms with Gasteiger partial charge in [0, 0.05) is 35.4 Å². The molecule has 0 radical (unpaired) electrons. The summed E-state index contributed by atoms with van der Waals surface area (Å²) < 4.78 is 2.97. The minimum Gasteiger partial charge on any atom is -0.313 e. The minimum atomic E-state index is 0.868. The molecule has 0 atom stereocenters. The van der Waals surface area contributed by atoms with Crippen LogP contribution >= 0.6 is 15.9 Å². The summed E-state index contributed by atoms with van der Waals surface area (Å²) in [6, 6.07) is 8.28. The molecule has 18 heavy (non-hydrogen) atoms. The molecule has 0 spiro atoms. The molecule has 2 aromatic rings. The summed E-state index contributed by atoms with van der Waals surface area (Å²) in [5, 5.41) is 7.97. The van der Waals surface area contributed by atoms with Crippen molar-refractivity contribution in [3.8, 4) is 11.3 Å². The monoisotopic (exact) mass is 307 g/mol. The lowest BCUT2D eigenvalue weighted by Gasteiger charge is -2.04. The first-order chi connectivity index (χ1) is 8.70. The molecule has 0 bridgehead atoms. The number of nitrogens with zero attached hydrogens (tertiary/aromatic N) is 2. The van der Waals surface area contributed by atoms with Crippen molar-refractivity contribution in [1.82, 2.24) is 15.1 Å². The highest BCUT2D eigenvalue weighted by atomic mass is 79.9. The van der Waals surface area contributed by atoms with Crippen molar-refractivity contribution in [1.29, 1.82) is 0 Å². The van der Waals surface area contributed by atoms with Crippen molar-refractivity contribution < 1.29 is 0 Å². The van der Waals surface area contributed by atoms with E-state index in [1.807, 2.05) is 23.9 Å². The predicted octanol–water partition coefficient (Wildman–Crippen LogP) is 3.35. The van der Waals surface area contributed by atoms with Crippen LogP contribution in [0.15, 0.2) is 34.9 Å². The van der Waals surface area contributed by atoms with Gasteiger partial charge in [0.25, 0.3) is 0 Å². The highest BCUT2D eigenvalue weighted by Gasteiger charge is 2.09. The van der Waals surface area contributed by atoms with Crippen LogP contribution in [0.1, 0.15) is 18.9 Å². The average molecular weight is 308 g/mol. The first-order valence-electron chi connectivity index (χ1n) is 6.20. The molecule has 1 aromatic heterocycles. The fourth-order valence-corrected chi connectivity index (χ4v) is 2.18. The maximum atomic E-state index is 4.55. The van der Waals surface area contributed by atoms with E-state index in [9.17, 15) is 0 Å². The summed E-state index contributed by atoms with van der Waals surface area (Å²) in [5.41, 5.74) is 3.47. The van der Waals surface area contributed by atoms with Crippen LogP contribution in [0.2, 0.25) is 0 Å². The highest BCUT2D eigenvalue weighted by Crippen LogP contribution is 2.23. The average Bonchev–Trinajstić information content (AvgIpc) is 2.72. The zero-order chi connectivity index (χ0) is 13.0. The Labute approximate surface area is 116 Å². The number of nitrogens with one attached hydrogen (secondary N) is 1. The molecule has 0 unspecified atom stereocenters. The summed E-state index contributed by atoms with van der Waals surface area (Å²) in [6.07, 6.45) is 3.23. The summed E-state index contributed by atoms with van der Waals surface area (Å²) in [7, 11) is 1.96. The van der Waals surface area contributed by atoms with Gasteiger partial charge in [-0.05, 0) is 25.1 Å². The van der Waals surface area contributed by atoms with Crippen LogP contribution in [0.3, 0.4) is 0 Å². The van der Waals surface area contributed by atoms with E-state index in [0.717, 1.165) is 35.2 Å². The largest absolute Gasteiger partial charge is 0.313 e. The van der Waals surface area contributed by atoms with Gasteiger partial charge in [-0.15, -0.1) is 0 Å². The normalized spacial score (nSPS) is 10.8. The Balaban J connectivity index is 2.23. The van der Waals surface area contributed by atoms with Crippen molar-refractivity contribution in [2.24, 2.45) is 7.05 Å². The smallest absolute Gasteiger partial charge is 0.0967 e. The standard InChI is InChI=1S/C14H18BrN3/c1-3-8-16-9-12-10-18(2)17-14(12)11-4-6-13(15)7-5-11/h4-7,10,16H,3,8-9H2,1-2H3. The van der Waals surface area contributed by atoms with Gasteiger partial charge in [-0.1, -0.05) is 35.0 Å². The Kier molecular flexibility index (Phi) is 4.55. The molecule has 1 aromatic carbocycles. The van der Waals surface area contributed by atoms with Gasteiger partial charge < -0.3 is 5.32 Å². The zero-order valence-electron chi connectivity index (χ0n) is 10.8. The second kappa shape index (κ2) is 6.16. The quantitative estimate of drug-likeness (QED) is 0.859. The van der Waals surface area contributed by atoms with E-state index in [1.54, 1.807) is 0 Å². The van der Waals surface area contributed by atoms with Gasteiger partial charge in [-0.2, -0.15) is 5.10 Å². The minimum absolute atomic E-state index is 0.868. The fraction of sp³-hybridized carbons (Fsp3) is 0.357. The second-order valence-electron chi connectivity index (χ2n) is 4.36. The third kappa shape index (κ3) is 3.21. The molecule has 1 N–H and O–H groups in total. The van der Waals surface area contributed by atoms with Gasteiger partial charge in [0.1, 0.15) is 0 Å². The van der Waals surface area contributed by atoms with Crippen molar-refractivity contribution in [2.45, 2.75) is 19.9 Å². The topological polar surface area (TPSA) is 29.9 Å². The molecular formula is C14H18BrN3. The van der Waals surface area contributed by atoms with Crippen LogP contribution < -0.4 is 5.32 Å². The van der Waals surface area contributed by atoms with E-state index in [4.69, 9.17) is 0 Å². The van der Waals surface area contributed by atoms with Crippen molar-refractivity contribution in [2.75, 3.05) is 6.54 Å². The van der Waals surface area contributed by atoms with Gasteiger partial charge in [0.15, 0.2) is 0 Å². The van der Waals surface area contributed by atoms with Crippen molar-refractivity contribution in [3.05, 3.63) is 40.5 Å². The summed E-state index contributed by atoms with van der Waals surface area (Å²) in [4.78, 5) is 0. The van der Waals surface area contributed by atoms with E-state index in [0.29, 0.717) is 0 Å². The van der Waals surface area contributed by atoms with Crippen LogP contribution in [0.4, 0.5) is 0 Å². The van der Waals surface area contributed by atoms with Gasteiger partial charge in [0.05, 0.1) is 5.69 Å². The molecule has 3 nitrogen and oxygen atoms in total.